The van der Waals surface area contributed by atoms with Gasteiger partial charge in [-0.3, -0.25) is 4.79 Å². The number of carbonyl (C=O) groups is 2. The third-order valence-corrected chi connectivity index (χ3v) is 2.74. The van der Waals surface area contributed by atoms with Gasteiger partial charge < -0.3 is 15.2 Å². The minimum atomic E-state index is -1.02. The second-order valence-electron chi connectivity index (χ2n) is 3.61. The predicted molar refractivity (Wildman–Crippen MR) is 76.7 cm³/mol. The molecule has 19 heavy (non-hydrogen) atoms. The van der Waals surface area contributed by atoms with Crippen LogP contribution in [0.25, 0.3) is 6.08 Å². The van der Waals surface area contributed by atoms with Crippen molar-refractivity contribution in [2.24, 2.45) is 0 Å². The molecule has 6 heteroatoms. The lowest BCUT2D eigenvalue weighted by Gasteiger charge is -2.10. The molecule has 5 nitrogen and oxygen atoms in total. The molecule has 0 bridgehead atoms. The number of anilines is 1. The smallest absolute Gasteiger partial charge is 0.328 e. The van der Waals surface area contributed by atoms with Crippen LogP contribution < -0.4 is 10.1 Å². The Kier molecular flexibility index (Phi) is 5.95. The number of benzene rings is 1. The van der Waals surface area contributed by atoms with Crippen molar-refractivity contribution in [1.29, 1.82) is 0 Å². The average molecular weight is 281 g/mol. The van der Waals surface area contributed by atoms with Gasteiger partial charge >= 0.3 is 5.97 Å². The maximum Gasteiger partial charge on any atom is 0.328 e. The number of rotatable bonds is 6. The molecule has 0 aromatic heterocycles. The van der Waals surface area contributed by atoms with E-state index in [1.165, 1.54) is 24.9 Å². The van der Waals surface area contributed by atoms with E-state index in [1.807, 2.05) is 6.26 Å². The SMILES string of the molecule is COc1ccc(C=CC(=O)O)cc1NC(=O)CSC. The molecule has 1 aromatic carbocycles. The highest BCUT2D eigenvalue weighted by molar-refractivity contribution is 7.99. The first kappa shape index (κ1) is 15.1. The summed E-state index contributed by atoms with van der Waals surface area (Å²) in [7, 11) is 1.51. The molecule has 1 rings (SSSR count). The first-order valence-corrected chi connectivity index (χ1v) is 6.84. The van der Waals surface area contributed by atoms with E-state index in [0.717, 1.165) is 6.08 Å². The van der Waals surface area contributed by atoms with E-state index in [2.05, 4.69) is 5.32 Å². The van der Waals surface area contributed by atoms with Gasteiger partial charge in [-0.25, -0.2) is 4.79 Å². The number of ether oxygens (including phenoxy) is 1. The van der Waals surface area contributed by atoms with Crippen LogP contribution in [0.4, 0.5) is 5.69 Å². The quantitative estimate of drug-likeness (QED) is 0.781. The highest BCUT2D eigenvalue weighted by atomic mass is 32.2. The van der Waals surface area contributed by atoms with Gasteiger partial charge in [-0.2, -0.15) is 11.8 Å². The summed E-state index contributed by atoms with van der Waals surface area (Å²) in [4.78, 5) is 22.0. The second-order valence-corrected chi connectivity index (χ2v) is 4.48. The normalized spacial score (nSPS) is 10.4. The number of methoxy groups -OCH3 is 1. The largest absolute Gasteiger partial charge is 0.495 e. The Balaban J connectivity index is 2.95. The van der Waals surface area contributed by atoms with E-state index >= 15 is 0 Å². The predicted octanol–water partition coefficient (Wildman–Crippen LogP) is 2.09. The van der Waals surface area contributed by atoms with Crippen molar-refractivity contribution in [3.8, 4) is 5.75 Å². The Hall–Kier alpha value is -1.95. The molecule has 0 atom stereocenters. The third-order valence-electron chi connectivity index (χ3n) is 2.19. The van der Waals surface area contributed by atoms with Gasteiger partial charge in [0.05, 0.1) is 18.6 Å². The summed E-state index contributed by atoms with van der Waals surface area (Å²) in [5.41, 5.74) is 1.19. The van der Waals surface area contributed by atoms with Crippen LogP contribution in [0.2, 0.25) is 0 Å². The zero-order chi connectivity index (χ0) is 14.3. The summed E-state index contributed by atoms with van der Waals surface area (Å²) < 4.78 is 5.14. The number of amides is 1. The summed E-state index contributed by atoms with van der Waals surface area (Å²) in [5, 5.41) is 11.3. The summed E-state index contributed by atoms with van der Waals surface area (Å²) in [6, 6.07) is 5.05. The molecule has 0 aliphatic carbocycles. The molecule has 0 spiro atoms. The topological polar surface area (TPSA) is 75.6 Å². The van der Waals surface area contributed by atoms with Gasteiger partial charge in [-0.1, -0.05) is 6.07 Å². The molecule has 0 radical (unpaired) electrons. The standard InChI is InChI=1S/C13H15NO4S/c1-18-11-5-3-9(4-6-13(16)17)7-10(11)14-12(15)8-19-2/h3-7H,8H2,1-2H3,(H,14,15)(H,16,17). The molecule has 0 saturated carbocycles. The first-order valence-electron chi connectivity index (χ1n) is 5.44. The van der Waals surface area contributed by atoms with Crippen LogP contribution in [-0.2, 0) is 9.59 Å². The van der Waals surface area contributed by atoms with Crippen molar-refractivity contribution in [1.82, 2.24) is 0 Å². The fourth-order valence-corrected chi connectivity index (χ4v) is 1.75. The number of hydrogen-bond acceptors (Lipinski definition) is 4. The van der Waals surface area contributed by atoms with Crippen molar-refractivity contribution in [3.05, 3.63) is 29.8 Å². The maximum atomic E-state index is 11.6. The highest BCUT2D eigenvalue weighted by Crippen LogP contribution is 2.26. The number of aliphatic carboxylic acids is 1. The summed E-state index contributed by atoms with van der Waals surface area (Å²) in [6.45, 7) is 0. The van der Waals surface area contributed by atoms with Crippen LogP contribution in [0.15, 0.2) is 24.3 Å². The lowest BCUT2D eigenvalue weighted by Crippen LogP contribution is -2.14. The van der Waals surface area contributed by atoms with Gasteiger partial charge in [0.2, 0.25) is 5.91 Å². The zero-order valence-corrected chi connectivity index (χ0v) is 11.5. The van der Waals surface area contributed by atoms with Gasteiger partial charge in [0, 0.05) is 6.08 Å². The lowest BCUT2D eigenvalue weighted by molar-refractivity contribution is -0.131. The van der Waals surface area contributed by atoms with E-state index in [0.29, 0.717) is 22.8 Å². The Labute approximate surface area is 115 Å². The molecule has 0 unspecified atom stereocenters. The van der Waals surface area contributed by atoms with Crippen LogP contribution in [-0.4, -0.2) is 36.1 Å². The minimum Gasteiger partial charge on any atom is -0.495 e. The minimum absolute atomic E-state index is 0.134. The fourth-order valence-electron chi connectivity index (χ4n) is 1.41. The van der Waals surface area contributed by atoms with E-state index < -0.39 is 5.97 Å². The Morgan fingerprint density at radius 1 is 1.47 bits per heavy atom. The van der Waals surface area contributed by atoms with Crippen molar-refractivity contribution < 1.29 is 19.4 Å². The van der Waals surface area contributed by atoms with E-state index in [4.69, 9.17) is 9.84 Å². The Bertz CT molecular complexity index is 499. The molecule has 0 heterocycles. The first-order chi connectivity index (χ1) is 9.06. The van der Waals surface area contributed by atoms with Crippen LogP contribution in [0.5, 0.6) is 5.75 Å². The molecular weight excluding hydrogens is 266 g/mol. The molecule has 0 saturated heterocycles. The summed E-state index contributed by atoms with van der Waals surface area (Å²) >= 11 is 1.42. The maximum absolute atomic E-state index is 11.6. The van der Waals surface area contributed by atoms with Gasteiger partial charge in [0.1, 0.15) is 5.75 Å². The average Bonchev–Trinajstić information content (AvgIpc) is 2.36. The molecule has 0 aliphatic heterocycles. The monoisotopic (exact) mass is 281 g/mol. The van der Waals surface area contributed by atoms with Gasteiger partial charge in [-0.15, -0.1) is 0 Å². The number of carbonyl (C=O) groups excluding carboxylic acids is 1. The number of hydrogen-bond donors (Lipinski definition) is 2. The molecule has 1 amide bonds. The summed E-state index contributed by atoms with van der Waals surface area (Å²) in [6.07, 6.45) is 4.32. The third kappa shape index (κ3) is 5.05. The van der Waals surface area contributed by atoms with Crippen molar-refractivity contribution in [3.63, 3.8) is 0 Å². The van der Waals surface area contributed by atoms with Crippen LogP contribution >= 0.6 is 11.8 Å². The van der Waals surface area contributed by atoms with Gasteiger partial charge in [0.25, 0.3) is 0 Å². The number of nitrogens with one attached hydrogen (secondary N) is 1. The van der Waals surface area contributed by atoms with Gasteiger partial charge in [-0.05, 0) is 30.0 Å². The Morgan fingerprint density at radius 3 is 2.79 bits per heavy atom. The molecule has 2 N–H and O–H groups in total. The number of carboxylic acids is 1. The molecule has 102 valence electrons. The number of carboxylic acid groups (broad SMARTS) is 1. The van der Waals surface area contributed by atoms with Crippen LogP contribution in [0.1, 0.15) is 5.56 Å². The van der Waals surface area contributed by atoms with Crippen LogP contribution in [0, 0.1) is 0 Å². The van der Waals surface area contributed by atoms with Gasteiger partial charge in [0.15, 0.2) is 0 Å². The lowest BCUT2D eigenvalue weighted by atomic mass is 10.1. The van der Waals surface area contributed by atoms with Crippen LogP contribution in [0.3, 0.4) is 0 Å². The van der Waals surface area contributed by atoms with E-state index in [1.54, 1.807) is 18.2 Å². The second kappa shape index (κ2) is 7.48. The molecule has 1 aromatic rings. The van der Waals surface area contributed by atoms with E-state index in [-0.39, 0.29) is 5.91 Å². The van der Waals surface area contributed by atoms with Crippen molar-refractivity contribution in [2.45, 2.75) is 0 Å². The molecular formula is C13H15NO4S. The van der Waals surface area contributed by atoms with Crippen molar-refractivity contribution in [2.75, 3.05) is 24.4 Å². The zero-order valence-electron chi connectivity index (χ0n) is 10.7. The summed E-state index contributed by atoms with van der Waals surface area (Å²) in [5.74, 6) is -0.283. The molecule has 0 aliphatic rings. The van der Waals surface area contributed by atoms with Crippen molar-refractivity contribution >= 4 is 35.4 Å². The molecule has 0 fully saturated rings. The highest BCUT2D eigenvalue weighted by Gasteiger charge is 2.07. The van der Waals surface area contributed by atoms with E-state index in [9.17, 15) is 9.59 Å². The number of thioether (sulfide) groups is 1. The fraction of sp³-hybridized carbons (Fsp3) is 0.231. The Morgan fingerprint density at radius 2 is 2.21 bits per heavy atom.